The van der Waals surface area contributed by atoms with E-state index < -0.39 is 6.10 Å². The van der Waals surface area contributed by atoms with Gasteiger partial charge in [0.1, 0.15) is 11.9 Å². The minimum atomic E-state index is -0.696. The highest BCUT2D eigenvalue weighted by Gasteiger charge is 2.20. The highest BCUT2D eigenvalue weighted by atomic mass is 127. The Morgan fingerprint density at radius 2 is 1.80 bits per heavy atom. The SMILES string of the molecule is OC(c1ccc(C2CCC2)cc1)c1ccc(F)cc1I. The average molecular weight is 382 g/mol. The van der Waals surface area contributed by atoms with Gasteiger partial charge in [-0.2, -0.15) is 0 Å². The van der Waals surface area contributed by atoms with Gasteiger partial charge in [-0.15, -0.1) is 0 Å². The summed E-state index contributed by atoms with van der Waals surface area (Å²) in [5.74, 6) is 0.429. The second kappa shape index (κ2) is 5.82. The van der Waals surface area contributed by atoms with E-state index in [2.05, 4.69) is 34.7 Å². The molecule has 1 unspecified atom stereocenters. The van der Waals surface area contributed by atoms with Crippen molar-refractivity contribution in [3.63, 3.8) is 0 Å². The zero-order valence-electron chi connectivity index (χ0n) is 11.0. The maximum atomic E-state index is 13.1. The molecule has 1 aliphatic rings. The fourth-order valence-electron chi connectivity index (χ4n) is 2.59. The molecule has 1 fully saturated rings. The molecule has 1 aliphatic carbocycles. The van der Waals surface area contributed by atoms with Gasteiger partial charge in [-0.1, -0.05) is 36.8 Å². The van der Waals surface area contributed by atoms with Crippen molar-refractivity contribution in [1.82, 2.24) is 0 Å². The highest BCUT2D eigenvalue weighted by Crippen LogP contribution is 2.37. The molecule has 0 aromatic heterocycles. The van der Waals surface area contributed by atoms with Crippen molar-refractivity contribution in [3.8, 4) is 0 Å². The van der Waals surface area contributed by atoms with Crippen molar-refractivity contribution in [2.75, 3.05) is 0 Å². The molecule has 0 aliphatic heterocycles. The molecule has 0 bridgehead atoms. The van der Waals surface area contributed by atoms with Crippen LogP contribution in [0.5, 0.6) is 0 Å². The number of aliphatic hydroxyl groups is 1. The standard InChI is InChI=1S/C17H16FIO/c18-14-8-9-15(16(19)10-14)17(20)13-6-4-12(5-7-13)11-2-1-3-11/h4-11,17,20H,1-3H2. The summed E-state index contributed by atoms with van der Waals surface area (Å²) in [6.45, 7) is 0. The third kappa shape index (κ3) is 2.74. The Kier molecular flexibility index (Phi) is 4.08. The second-order valence-corrected chi connectivity index (χ2v) is 6.53. The van der Waals surface area contributed by atoms with Crippen molar-refractivity contribution in [2.45, 2.75) is 31.3 Å². The van der Waals surface area contributed by atoms with Crippen LogP contribution in [0.3, 0.4) is 0 Å². The van der Waals surface area contributed by atoms with Gasteiger partial charge in [0.05, 0.1) is 0 Å². The molecule has 3 rings (SSSR count). The Labute approximate surface area is 132 Å². The molecular formula is C17H16FIO. The molecule has 0 radical (unpaired) electrons. The minimum absolute atomic E-state index is 0.273. The van der Waals surface area contributed by atoms with Gasteiger partial charge in [-0.05, 0) is 70.2 Å². The lowest BCUT2D eigenvalue weighted by molar-refractivity contribution is 0.219. The van der Waals surface area contributed by atoms with E-state index in [1.165, 1.54) is 37.0 Å². The van der Waals surface area contributed by atoms with Gasteiger partial charge in [0.15, 0.2) is 0 Å². The lowest BCUT2D eigenvalue weighted by Crippen LogP contribution is -2.09. The second-order valence-electron chi connectivity index (χ2n) is 5.36. The van der Waals surface area contributed by atoms with E-state index in [1.54, 1.807) is 6.07 Å². The van der Waals surface area contributed by atoms with Crippen LogP contribution in [-0.4, -0.2) is 5.11 Å². The summed E-state index contributed by atoms with van der Waals surface area (Å²) in [7, 11) is 0. The normalized spacial score (nSPS) is 16.8. The molecule has 1 nitrogen and oxygen atoms in total. The number of aliphatic hydroxyl groups excluding tert-OH is 1. The lowest BCUT2D eigenvalue weighted by Gasteiger charge is -2.26. The topological polar surface area (TPSA) is 20.2 Å². The van der Waals surface area contributed by atoms with Gasteiger partial charge in [0.2, 0.25) is 0 Å². The van der Waals surface area contributed by atoms with Crippen LogP contribution in [0.25, 0.3) is 0 Å². The first-order valence-electron chi connectivity index (χ1n) is 6.88. The van der Waals surface area contributed by atoms with Crippen LogP contribution in [0.4, 0.5) is 4.39 Å². The van der Waals surface area contributed by atoms with Crippen LogP contribution in [0.1, 0.15) is 48.0 Å². The first kappa shape index (κ1) is 14.0. The quantitative estimate of drug-likeness (QED) is 0.758. The molecule has 1 N–H and O–H groups in total. The molecule has 2 aromatic carbocycles. The summed E-state index contributed by atoms with van der Waals surface area (Å²) >= 11 is 2.06. The molecule has 0 heterocycles. The lowest BCUT2D eigenvalue weighted by atomic mass is 9.80. The maximum Gasteiger partial charge on any atom is 0.124 e. The molecule has 0 spiro atoms. The Balaban J connectivity index is 1.84. The molecule has 3 heteroatoms. The van der Waals surface area contributed by atoms with Gasteiger partial charge in [0, 0.05) is 3.57 Å². The van der Waals surface area contributed by atoms with E-state index in [-0.39, 0.29) is 5.82 Å². The number of halogens is 2. The van der Waals surface area contributed by atoms with Crippen molar-refractivity contribution in [3.05, 3.63) is 68.5 Å². The zero-order valence-corrected chi connectivity index (χ0v) is 13.2. The molecule has 2 aromatic rings. The Hall–Kier alpha value is -0.940. The molecule has 1 atom stereocenters. The third-order valence-electron chi connectivity index (χ3n) is 4.09. The fourth-order valence-corrected chi connectivity index (χ4v) is 3.37. The summed E-state index contributed by atoms with van der Waals surface area (Å²) in [5, 5.41) is 10.4. The number of hydrogen-bond acceptors (Lipinski definition) is 1. The van der Waals surface area contributed by atoms with Crippen LogP contribution < -0.4 is 0 Å². The monoisotopic (exact) mass is 382 g/mol. The van der Waals surface area contributed by atoms with Crippen LogP contribution >= 0.6 is 22.6 Å². The van der Waals surface area contributed by atoms with Crippen LogP contribution in [0.2, 0.25) is 0 Å². The highest BCUT2D eigenvalue weighted by molar-refractivity contribution is 14.1. The van der Waals surface area contributed by atoms with Crippen LogP contribution in [0, 0.1) is 9.39 Å². The zero-order chi connectivity index (χ0) is 14.1. The predicted molar refractivity (Wildman–Crippen MR) is 86.2 cm³/mol. The number of benzene rings is 2. The van der Waals surface area contributed by atoms with Gasteiger partial charge in [-0.3, -0.25) is 0 Å². The molecule has 0 amide bonds. The van der Waals surface area contributed by atoms with E-state index in [0.29, 0.717) is 5.92 Å². The maximum absolute atomic E-state index is 13.1. The van der Waals surface area contributed by atoms with Gasteiger partial charge in [0.25, 0.3) is 0 Å². The third-order valence-corrected chi connectivity index (χ3v) is 5.02. The van der Waals surface area contributed by atoms with Gasteiger partial charge < -0.3 is 5.11 Å². The van der Waals surface area contributed by atoms with E-state index in [0.717, 1.165) is 14.7 Å². The van der Waals surface area contributed by atoms with Crippen LogP contribution in [0.15, 0.2) is 42.5 Å². The molecule has 20 heavy (non-hydrogen) atoms. The van der Waals surface area contributed by atoms with E-state index >= 15 is 0 Å². The number of rotatable bonds is 3. The summed E-state index contributed by atoms with van der Waals surface area (Å²) in [5.41, 5.74) is 2.97. The smallest absolute Gasteiger partial charge is 0.124 e. The summed E-state index contributed by atoms with van der Waals surface area (Å²) < 4.78 is 13.9. The largest absolute Gasteiger partial charge is 0.384 e. The molecule has 0 saturated heterocycles. The summed E-state index contributed by atoms with van der Waals surface area (Å²) in [6, 6.07) is 12.7. The molecular weight excluding hydrogens is 366 g/mol. The van der Waals surface area contributed by atoms with E-state index in [4.69, 9.17) is 0 Å². The average Bonchev–Trinajstić information content (AvgIpc) is 2.37. The summed E-state index contributed by atoms with van der Waals surface area (Å²) in [6.07, 6.45) is 3.18. The van der Waals surface area contributed by atoms with Gasteiger partial charge in [-0.25, -0.2) is 4.39 Å². The Morgan fingerprint density at radius 3 is 2.35 bits per heavy atom. The van der Waals surface area contributed by atoms with Crippen LogP contribution in [-0.2, 0) is 0 Å². The first-order valence-corrected chi connectivity index (χ1v) is 7.96. The van der Waals surface area contributed by atoms with E-state index in [9.17, 15) is 9.50 Å². The molecule has 1 saturated carbocycles. The van der Waals surface area contributed by atoms with Crippen molar-refractivity contribution >= 4 is 22.6 Å². The predicted octanol–water partition coefficient (Wildman–Crippen LogP) is 4.78. The van der Waals surface area contributed by atoms with Crippen molar-refractivity contribution in [1.29, 1.82) is 0 Å². The van der Waals surface area contributed by atoms with Crippen molar-refractivity contribution in [2.24, 2.45) is 0 Å². The fraction of sp³-hybridized carbons (Fsp3) is 0.294. The summed E-state index contributed by atoms with van der Waals surface area (Å²) in [4.78, 5) is 0. The minimum Gasteiger partial charge on any atom is -0.384 e. The first-order chi connectivity index (χ1) is 9.65. The Morgan fingerprint density at radius 1 is 1.10 bits per heavy atom. The van der Waals surface area contributed by atoms with Crippen molar-refractivity contribution < 1.29 is 9.50 Å². The van der Waals surface area contributed by atoms with E-state index in [1.807, 2.05) is 12.1 Å². The Bertz CT molecular complexity index is 605. The number of hydrogen-bond donors (Lipinski definition) is 1. The van der Waals surface area contributed by atoms with Gasteiger partial charge >= 0.3 is 0 Å². The molecule has 104 valence electrons.